The lowest BCUT2D eigenvalue weighted by molar-refractivity contribution is 0.157. The molecule has 0 N–H and O–H groups in total. The number of pyridine rings is 1. The first-order valence-electron chi connectivity index (χ1n) is 10.6. The fraction of sp³-hybridized carbons (Fsp3) is 0.800. The van der Waals surface area contributed by atoms with Gasteiger partial charge in [-0.1, -0.05) is 95.1 Å². The van der Waals surface area contributed by atoms with Crippen molar-refractivity contribution in [2.45, 2.75) is 113 Å². The summed E-state index contributed by atoms with van der Waals surface area (Å²) in [5, 5.41) is 0. The van der Waals surface area contributed by atoms with Crippen molar-refractivity contribution in [1.29, 1.82) is 0 Å². The molecule has 26 heavy (non-hydrogen) atoms. The molecule has 1 heterocycles. The van der Waals surface area contributed by atoms with Crippen molar-refractivity contribution in [3.63, 3.8) is 0 Å². The summed E-state index contributed by atoms with van der Waals surface area (Å²) in [7, 11) is 0. The Morgan fingerprint density at radius 1 is 0.808 bits per heavy atom. The van der Waals surface area contributed by atoms with Crippen LogP contribution in [0.4, 0.5) is 0 Å². The third-order valence-corrected chi connectivity index (χ3v) is 6.06. The second kappa shape index (κ2) is 8.03. The monoisotopic (exact) mass is 359 g/mol. The lowest BCUT2D eigenvalue weighted by Crippen LogP contribution is -2.33. The molecule has 0 bridgehead atoms. The highest BCUT2D eigenvalue weighted by Crippen LogP contribution is 2.43. The summed E-state index contributed by atoms with van der Waals surface area (Å²) in [6, 6.07) is 6.67. The Bertz CT molecular complexity index is 572. The fourth-order valence-electron chi connectivity index (χ4n) is 4.83. The number of aromatic nitrogens is 1. The minimum Gasteiger partial charge on any atom is -0.257 e. The van der Waals surface area contributed by atoms with Crippen LogP contribution in [0.15, 0.2) is 18.2 Å². The molecule has 1 atom stereocenters. The second-order valence-electron chi connectivity index (χ2n) is 11.8. The van der Waals surface area contributed by atoms with Crippen LogP contribution in [0.3, 0.4) is 0 Å². The van der Waals surface area contributed by atoms with Crippen LogP contribution in [-0.2, 0) is 10.8 Å². The van der Waals surface area contributed by atoms with E-state index in [1.165, 1.54) is 24.2 Å². The van der Waals surface area contributed by atoms with Crippen molar-refractivity contribution < 1.29 is 0 Å². The van der Waals surface area contributed by atoms with Crippen LogP contribution < -0.4 is 0 Å². The van der Waals surface area contributed by atoms with E-state index in [9.17, 15) is 0 Å². The molecule has 0 spiro atoms. The van der Waals surface area contributed by atoms with E-state index in [1.807, 2.05) is 0 Å². The molecular weight excluding hydrogens is 314 g/mol. The third-order valence-electron chi connectivity index (χ3n) is 6.06. The molecule has 1 unspecified atom stereocenters. The molecule has 0 saturated heterocycles. The van der Waals surface area contributed by atoms with Crippen molar-refractivity contribution >= 4 is 0 Å². The van der Waals surface area contributed by atoms with E-state index >= 15 is 0 Å². The van der Waals surface area contributed by atoms with E-state index in [4.69, 9.17) is 4.98 Å². The maximum Gasteiger partial charge on any atom is 0.0463 e. The average Bonchev–Trinajstić information content (AvgIpc) is 2.44. The lowest BCUT2D eigenvalue weighted by Gasteiger charge is -2.39. The van der Waals surface area contributed by atoms with Crippen molar-refractivity contribution in [2.75, 3.05) is 0 Å². The second-order valence-corrected chi connectivity index (χ2v) is 11.8. The van der Waals surface area contributed by atoms with Gasteiger partial charge in [0.1, 0.15) is 0 Å². The molecule has 150 valence electrons. The summed E-state index contributed by atoms with van der Waals surface area (Å²) in [6.07, 6.45) is 4.86. The molecule has 1 heteroatoms. The van der Waals surface area contributed by atoms with E-state index in [1.54, 1.807) is 0 Å². The molecule has 1 aromatic rings. The zero-order valence-electron chi connectivity index (χ0n) is 19.6. The van der Waals surface area contributed by atoms with E-state index in [0.717, 1.165) is 18.8 Å². The first-order valence-corrected chi connectivity index (χ1v) is 10.6. The van der Waals surface area contributed by atoms with Crippen LogP contribution in [-0.4, -0.2) is 4.98 Å². The lowest BCUT2D eigenvalue weighted by atomic mass is 9.66. The van der Waals surface area contributed by atoms with Crippen LogP contribution >= 0.6 is 0 Å². The van der Waals surface area contributed by atoms with Gasteiger partial charge in [0.05, 0.1) is 0 Å². The molecule has 1 aromatic heterocycles. The maximum atomic E-state index is 5.19. The first-order chi connectivity index (χ1) is 11.6. The highest BCUT2D eigenvalue weighted by Gasteiger charge is 2.35. The number of hydrogen-bond acceptors (Lipinski definition) is 1. The Morgan fingerprint density at radius 3 is 1.69 bits per heavy atom. The van der Waals surface area contributed by atoms with Crippen molar-refractivity contribution in [3.8, 4) is 0 Å². The Hall–Kier alpha value is -0.850. The van der Waals surface area contributed by atoms with Gasteiger partial charge in [0.25, 0.3) is 0 Å². The average molecular weight is 360 g/mol. The Labute approximate surface area is 164 Å². The van der Waals surface area contributed by atoms with Crippen LogP contribution in [0.25, 0.3) is 0 Å². The molecule has 0 aliphatic heterocycles. The zero-order chi connectivity index (χ0) is 20.4. The van der Waals surface area contributed by atoms with E-state index in [0.29, 0.717) is 10.8 Å². The van der Waals surface area contributed by atoms with Crippen LogP contribution in [0.2, 0.25) is 0 Å². The summed E-state index contributed by atoms with van der Waals surface area (Å²) >= 11 is 0. The minimum absolute atomic E-state index is 0.0827. The Kier molecular flexibility index (Phi) is 7.16. The molecule has 0 aromatic carbocycles. The van der Waals surface area contributed by atoms with Crippen LogP contribution in [0.5, 0.6) is 0 Å². The summed E-state index contributed by atoms with van der Waals surface area (Å²) in [6.45, 7) is 25.9. The molecule has 1 rings (SSSR count). The predicted molar refractivity (Wildman–Crippen MR) is 117 cm³/mol. The van der Waals surface area contributed by atoms with Gasteiger partial charge in [-0.05, 0) is 41.7 Å². The molecule has 0 aliphatic carbocycles. The fourth-order valence-corrected chi connectivity index (χ4v) is 4.83. The van der Waals surface area contributed by atoms with Gasteiger partial charge in [0, 0.05) is 22.2 Å². The van der Waals surface area contributed by atoms with Crippen LogP contribution in [0.1, 0.15) is 113 Å². The topological polar surface area (TPSA) is 12.9 Å². The van der Waals surface area contributed by atoms with E-state index in [2.05, 4.69) is 94.4 Å². The number of rotatable bonds is 8. The van der Waals surface area contributed by atoms with Crippen LogP contribution in [0, 0.1) is 16.7 Å². The molecule has 0 aliphatic rings. The smallest absolute Gasteiger partial charge is 0.0463 e. The standard InChI is InChI=1S/C25H45N/c1-12-14-19(2)23(6,7)18-25(10,11)21-16-13-15-20(26-21)24(8,9)17-22(3,4)5/h13,15-16,19H,12,14,17-18H2,1-11H3. The third kappa shape index (κ3) is 6.39. The van der Waals surface area contributed by atoms with Crippen molar-refractivity contribution in [2.24, 2.45) is 16.7 Å². The normalized spacial score (nSPS) is 15.2. The van der Waals surface area contributed by atoms with Crippen molar-refractivity contribution in [3.05, 3.63) is 29.6 Å². The number of hydrogen-bond donors (Lipinski definition) is 0. The van der Waals surface area contributed by atoms with E-state index < -0.39 is 0 Å². The molecule has 0 fully saturated rings. The summed E-state index contributed by atoms with van der Waals surface area (Å²) < 4.78 is 0. The molecule has 0 radical (unpaired) electrons. The Balaban J connectivity index is 3.12. The van der Waals surface area contributed by atoms with Gasteiger partial charge < -0.3 is 0 Å². The molecule has 0 amide bonds. The number of nitrogens with zero attached hydrogens (tertiary/aromatic N) is 1. The Morgan fingerprint density at radius 2 is 1.27 bits per heavy atom. The van der Waals surface area contributed by atoms with E-state index in [-0.39, 0.29) is 10.8 Å². The SMILES string of the molecule is CCCC(C)C(C)(C)CC(C)(C)c1cccc(C(C)(C)CC(C)(C)C)n1. The highest BCUT2D eigenvalue weighted by atomic mass is 14.8. The zero-order valence-corrected chi connectivity index (χ0v) is 19.6. The van der Waals surface area contributed by atoms with Gasteiger partial charge in [-0.15, -0.1) is 0 Å². The van der Waals surface area contributed by atoms with Gasteiger partial charge in [0.15, 0.2) is 0 Å². The maximum absolute atomic E-state index is 5.19. The van der Waals surface area contributed by atoms with Gasteiger partial charge in [-0.25, -0.2) is 0 Å². The summed E-state index contributed by atoms with van der Waals surface area (Å²) in [5.41, 5.74) is 3.27. The predicted octanol–water partition coefficient (Wildman–Crippen LogP) is 7.93. The van der Waals surface area contributed by atoms with Gasteiger partial charge in [0.2, 0.25) is 0 Å². The largest absolute Gasteiger partial charge is 0.257 e. The minimum atomic E-state index is 0.0827. The van der Waals surface area contributed by atoms with Gasteiger partial charge >= 0.3 is 0 Å². The molecule has 1 nitrogen and oxygen atoms in total. The van der Waals surface area contributed by atoms with Gasteiger partial charge in [-0.2, -0.15) is 0 Å². The quantitative estimate of drug-likeness (QED) is 0.459. The summed E-state index contributed by atoms with van der Waals surface area (Å²) in [4.78, 5) is 5.19. The highest BCUT2D eigenvalue weighted by molar-refractivity contribution is 5.23. The first kappa shape index (κ1) is 23.2. The molecular formula is C25H45N. The summed E-state index contributed by atoms with van der Waals surface area (Å²) in [5.74, 6) is 0.729. The molecule has 0 saturated carbocycles. The van der Waals surface area contributed by atoms with Gasteiger partial charge in [-0.3, -0.25) is 4.98 Å². The van der Waals surface area contributed by atoms with Crippen molar-refractivity contribution in [1.82, 2.24) is 4.98 Å².